The van der Waals surface area contributed by atoms with E-state index in [-0.39, 0.29) is 6.04 Å². The van der Waals surface area contributed by atoms with E-state index in [1.54, 1.807) is 30.1 Å². The van der Waals surface area contributed by atoms with Crippen LogP contribution in [0.25, 0.3) is 0 Å². The van der Waals surface area contributed by atoms with Crippen LogP contribution in [0.15, 0.2) is 11.0 Å². The largest absolute Gasteiger partial charge is 0.309 e. The molecule has 1 N–H and O–H groups in total. The van der Waals surface area contributed by atoms with Gasteiger partial charge in [-0.2, -0.15) is 16.1 Å². The van der Waals surface area contributed by atoms with Gasteiger partial charge in [0, 0.05) is 41.2 Å². The lowest BCUT2D eigenvalue weighted by Crippen LogP contribution is -2.36. The molecule has 4 nitrogen and oxygen atoms in total. The van der Waals surface area contributed by atoms with E-state index in [1.165, 1.54) is 17.1 Å². The summed E-state index contributed by atoms with van der Waals surface area (Å²) in [4.78, 5) is 2.45. The molecule has 1 heterocycles. The van der Waals surface area contributed by atoms with Crippen molar-refractivity contribution in [3.63, 3.8) is 0 Å². The first kappa shape index (κ1) is 17.3. The standard InChI is InChI=1S/C14H24N2O2S3/c1-10(9-19-4)16(3)21(17,18)14-7-13(20-11(14)2)8-15-12-5-6-12/h7,10,12,15H,5-6,8-9H2,1-4H3. The zero-order valence-corrected chi connectivity index (χ0v) is 15.5. The molecule has 1 aromatic heterocycles. The SMILES string of the molecule is CSCC(C)N(C)S(=O)(=O)c1cc(CNC2CC2)sc1C. The lowest BCUT2D eigenvalue weighted by molar-refractivity contribution is 0.415. The summed E-state index contributed by atoms with van der Waals surface area (Å²) in [5, 5.41) is 3.44. The Hall–Kier alpha value is -0.0800. The first-order valence-electron chi connectivity index (χ1n) is 7.16. The first-order chi connectivity index (χ1) is 9.86. The van der Waals surface area contributed by atoms with E-state index in [0.29, 0.717) is 10.9 Å². The Morgan fingerprint density at radius 2 is 2.19 bits per heavy atom. The van der Waals surface area contributed by atoms with Crippen LogP contribution in [0, 0.1) is 6.92 Å². The van der Waals surface area contributed by atoms with Gasteiger partial charge in [-0.25, -0.2) is 8.42 Å². The summed E-state index contributed by atoms with van der Waals surface area (Å²) in [6, 6.07) is 2.47. The predicted molar refractivity (Wildman–Crippen MR) is 91.7 cm³/mol. The summed E-state index contributed by atoms with van der Waals surface area (Å²) in [5.74, 6) is 0.801. The van der Waals surface area contributed by atoms with Gasteiger partial charge in [0.2, 0.25) is 10.0 Å². The Balaban J connectivity index is 2.14. The average molecular weight is 349 g/mol. The van der Waals surface area contributed by atoms with Gasteiger partial charge in [-0.3, -0.25) is 0 Å². The maximum atomic E-state index is 12.7. The third kappa shape index (κ3) is 4.22. The fraction of sp³-hybridized carbons (Fsp3) is 0.714. The topological polar surface area (TPSA) is 49.4 Å². The minimum Gasteiger partial charge on any atom is -0.309 e. The molecule has 1 aliphatic carbocycles. The number of aryl methyl sites for hydroxylation is 1. The molecule has 7 heteroatoms. The van der Waals surface area contributed by atoms with E-state index in [9.17, 15) is 8.42 Å². The highest BCUT2D eigenvalue weighted by Gasteiger charge is 2.28. The third-order valence-corrected chi connectivity index (χ3v) is 7.84. The van der Waals surface area contributed by atoms with Gasteiger partial charge in [-0.05, 0) is 39.0 Å². The monoisotopic (exact) mass is 348 g/mol. The van der Waals surface area contributed by atoms with Crippen LogP contribution < -0.4 is 5.32 Å². The number of thioether (sulfide) groups is 1. The van der Waals surface area contributed by atoms with E-state index in [0.717, 1.165) is 22.1 Å². The molecular formula is C14H24N2O2S3. The first-order valence-corrected chi connectivity index (χ1v) is 10.8. The van der Waals surface area contributed by atoms with Crippen molar-refractivity contribution in [1.82, 2.24) is 9.62 Å². The normalized spacial score (nSPS) is 17.4. The Labute approximate surface area is 136 Å². The van der Waals surface area contributed by atoms with Gasteiger partial charge in [0.25, 0.3) is 0 Å². The van der Waals surface area contributed by atoms with E-state index in [2.05, 4.69) is 5.32 Å². The maximum Gasteiger partial charge on any atom is 0.244 e. The summed E-state index contributed by atoms with van der Waals surface area (Å²) in [6.45, 7) is 4.62. The van der Waals surface area contributed by atoms with Gasteiger partial charge in [0.15, 0.2) is 0 Å². The molecule has 21 heavy (non-hydrogen) atoms. The highest BCUT2D eigenvalue weighted by molar-refractivity contribution is 7.98. The number of hydrogen-bond acceptors (Lipinski definition) is 5. The van der Waals surface area contributed by atoms with Crippen LogP contribution in [0.2, 0.25) is 0 Å². The van der Waals surface area contributed by atoms with E-state index >= 15 is 0 Å². The van der Waals surface area contributed by atoms with Crippen LogP contribution in [0.5, 0.6) is 0 Å². The van der Waals surface area contributed by atoms with Gasteiger partial charge < -0.3 is 5.32 Å². The van der Waals surface area contributed by atoms with E-state index in [1.807, 2.05) is 26.2 Å². The summed E-state index contributed by atoms with van der Waals surface area (Å²) in [7, 11) is -1.71. The van der Waals surface area contributed by atoms with Crippen molar-refractivity contribution in [2.45, 2.75) is 50.2 Å². The lowest BCUT2D eigenvalue weighted by Gasteiger charge is -2.23. The number of sulfonamides is 1. The molecule has 0 amide bonds. The molecule has 120 valence electrons. The van der Waals surface area contributed by atoms with Gasteiger partial charge in [0.1, 0.15) is 0 Å². The van der Waals surface area contributed by atoms with Crippen LogP contribution in [0.1, 0.15) is 29.5 Å². The Morgan fingerprint density at radius 1 is 1.52 bits per heavy atom. The second kappa shape index (κ2) is 7.00. The number of nitrogens with one attached hydrogen (secondary N) is 1. The van der Waals surface area contributed by atoms with Crippen LogP contribution in [0.4, 0.5) is 0 Å². The van der Waals surface area contributed by atoms with Crippen LogP contribution >= 0.6 is 23.1 Å². The molecule has 0 radical (unpaired) electrons. The maximum absolute atomic E-state index is 12.7. The van der Waals surface area contributed by atoms with Crippen molar-refractivity contribution in [1.29, 1.82) is 0 Å². The third-order valence-electron chi connectivity index (χ3n) is 3.75. The van der Waals surface area contributed by atoms with Gasteiger partial charge >= 0.3 is 0 Å². The van der Waals surface area contributed by atoms with Crippen LogP contribution in [-0.4, -0.2) is 43.9 Å². The molecule has 1 fully saturated rings. The molecule has 0 spiro atoms. The Kier molecular flexibility index (Phi) is 5.76. The number of rotatable bonds is 8. The lowest BCUT2D eigenvalue weighted by atomic mass is 10.4. The van der Waals surface area contributed by atoms with Crippen molar-refractivity contribution in [2.75, 3.05) is 19.1 Å². The number of nitrogens with zero attached hydrogens (tertiary/aromatic N) is 1. The van der Waals surface area contributed by atoms with Crippen molar-refractivity contribution < 1.29 is 8.42 Å². The second-order valence-corrected chi connectivity index (χ2v) is 9.83. The molecule has 1 saturated carbocycles. The minimum atomic E-state index is -3.39. The van der Waals surface area contributed by atoms with Gasteiger partial charge in [-0.15, -0.1) is 11.3 Å². The molecule has 1 aromatic rings. The predicted octanol–water partition coefficient (Wildman–Crippen LogP) is 2.68. The fourth-order valence-corrected chi connectivity index (χ4v) is 5.85. The van der Waals surface area contributed by atoms with E-state index < -0.39 is 10.0 Å². The quantitative estimate of drug-likeness (QED) is 0.785. The van der Waals surface area contributed by atoms with Crippen LogP contribution in [0.3, 0.4) is 0 Å². The molecule has 0 aromatic carbocycles. The van der Waals surface area contributed by atoms with Crippen molar-refractivity contribution in [3.8, 4) is 0 Å². The smallest absolute Gasteiger partial charge is 0.244 e. The van der Waals surface area contributed by atoms with Gasteiger partial charge in [0.05, 0.1) is 4.90 Å². The number of thiophene rings is 1. The number of hydrogen-bond donors (Lipinski definition) is 1. The summed E-state index contributed by atoms with van der Waals surface area (Å²) < 4.78 is 27.0. The highest BCUT2D eigenvalue weighted by atomic mass is 32.2. The molecule has 2 rings (SSSR count). The molecule has 1 aliphatic rings. The second-order valence-electron chi connectivity index (χ2n) is 5.61. The zero-order valence-electron chi connectivity index (χ0n) is 13.0. The molecule has 0 bridgehead atoms. The molecule has 0 saturated heterocycles. The Morgan fingerprint density at radius 3 is 2.76 bits per heavy atom. The molecule has 0 aliphatic heterocycles. The van der Waals surface area contributed by atoms with Gasteiger partial charge in [-0.1, -0.05) is 0 Å². The van der Waals surface area contributed by atoms with Crippen molar-refractivity contribution in [2.24, 2.45) is 0 Å². The average Bonchev–Trinajstić information content (AvgIpc) is 3.18. The summed E-state index contributed by atoms with van der Waals surface area (Å²) in [6.07, 6.45) is 4.48. The molecule has 1 unspecified atom stereocenters. The fourth-order valence-electron chi connectivity index (χ4n) is 2.14. The summed E-state index contributed by atoms with van der Waals surface area (Å²) >= 11 is 3.24. The van der Waals surface area contributed by atoms with Crippen molar-refractivity contribution >= 4 is 33.1 Å². The Bertz CT molecular complexity index is 579. The highest BCUT2D eigenvalue weighted by Crippen LogP contribution is 2.29. The zero-order chi connectivity index (χ0) is 15.6. The van der Waals surface area contributed by atoms with E-state index in [4.69, 9.17) is 0 Å². The minimum absolute atomic E-state index is 0.00246. The molecule has 1 atom stereocenters. The summed E-state index contributed by atoms with van der Waals surface area (Å²) in [5.41, 5.74) is 0. The van der Waals surface area contributed by atoms with Crippen molar-refractivity contribution in [3.05, 3.63) is 15.8 Å². The molecular weight excluding hydrogens is 324 g/mol. The van der Waals surface area contributed by atoms with Crippen LogP contribution in [-0.2, 0) is 16.6 Å².